The van der Waals surface area contributed by atoms with E-state index in [1.54, 1.807) is 12.3 Å². The van der Waals surface area contributed by atoms with Gasteiger partial charge in [0.25, 0.3) is 5.91 Å². The summed E-state index contributed by atoms with van der Waals surface area (Å²) in [7, 11) is 0. The Balaban J connectivity index is 1.64. The van der Waals surface area contributed by atoms with Gasteiger partial charge in [-0.25, -0.2) is 9.97 Å². The van der Waals surface area contributed by atoms with Gasteiger partial charge in [0.1, 0.15) is 0 Å². The molecular weight excluding hydrogens is 378 g/mol. The quantitative estimate of drug-likeness (QED) is 0.522. The molecule has 1 amide bonds. The number of nitrogens with one attached hydrogen (secondary N) is 1. The van der Waals surface area contributed by atoms with Crippen LogP contribution in [-0.4, -0.2) is 20.4 Å². The summed E-state index contributed by atoms with van der Waals surface area (Å²) in [6.07, 6.45) is 2.53. The smallest absolute Gasteiger partial charge is 0.298 e. The van der Waals surface area contributed by atoms with E-state index in [4.69, 9.17) is 0 Å². The number of aryl methyl sites for hydroxylation is 1. The lowest BCUT2D eigenvalue weighted by atomic mass is 10.2. The van der Waals surface area contributed by atoms with Crippen molar-refractivity contribution >= 4 is 43.8 Å². The van der Waals surface area contributed by atoms with Gasteiger partial charge in [-0.3, -0.25) is 14.7 Å². The van der Waals surface area contributed by atoms with E-state index in [2.05, 4.69) is 15.3 Å². The zero-order valence-corrected chi connectivity index (χ0v) is 15.1. The van der Waals surface area contributed by atoms with Crippen molar-refractivity contribution in [1.82, 2.24) is 14.5 Å². The molecule has 0 aliphatic heterocycles. The SMILES string of the molecule is Cc1nc(NC(=O)c2csc3ccccc23)sc1-c1nccn1C(F)F. The molecule has 0 radical (unpaired) electrons. The molecule has 0 saturated heterocycles. The Morgan fingerprint density at radius 1 is 1.31 bits per heavy atom. The van der Waals surface area contributed by atoms with Crippen molar-refractivity contribution < 1.29 is 13.6 Å². The van der Waals surface area contributed by atoms with Crippen LogP contribution in [-0.2, 0) is 0 Å². The summed E-state index contributed by atoms with van der Waals surface area (Å²) in [5, 5.41) is 5.78. The minimum absolute atomic E-state index is 0.136. The van der Waals surface area contributed by atoms with Crippen molar-refractivity contribution in [2.24, 2.45) is 0 Å². The fourth-order valence-corrected chi connectivity index (χ4v) is 4.53. The molecule has 4 rings (SSSR count). The molecule has 9 heteroatoms. The average molecular weight is 390 g/mol. The molecule has 1 N–H and O–H groups in total. The minimum Gasteiger partial charge on any atom is -0.298 e. The molecule has 3 heterocycles. The molecule has 0 spiro atoms. The van der Waals surface area contributed by atoms with E-state index in [0.717, 1.165) is 26.0 Å². The van der Waals surface area contributed by atoms with Gasteiger partial charge in [-0.2, -0.15) is 8.78 Å². The van der Waals surface area contributed by atoms with Gasteiger partial charge in [-0.15, -0.1) is 11.3 Å². The van der Waals surface area contributed by atoms with Gasteiger partial charge >= 0.3 is 6.55 Å². The van der Waals surface area contributed by atoms with Crippen LogP contribution in [0.15, 0.2) is 42.0 Å². The molecule has 1 aromatic carbocycles. The molecule has 0 fully saturated rings. The van der Waals surface area contributed by atoms with Crippen molar-refractivity contribution in [3.05, 3.63) is 53.3 Å². The summed E-state index contributed by atoms with van der Waals surface area (Å²) in [5.41, 5.74) is 1.10. The van der Waals surface area contributed by atoms with Crippen LogP contribution in [0.25, 0.3) is 20.8 Å². The summed E-state index contributed by atoms with van der Waals surface area (Å²) in [6, 6.07) is 7.63. The Labute approximate surface area is 155 Å². The van der Waals surface area contributed by atoms with E-state index in [1.807, 2.05) is 24.3 Å². The first-order valence-electron chi connectivity index (χ1n) is 7.61. The molecule has 0 saturated carbocycles. The second-order valence-corrected chi connectivity index (χ2v) is 7.38. The zero-order chi connectivity index (χ0) is 18.3. The number of alkyl halides is 2. The normalized spacial score (nSPS) is 11.4. The van der Waals surface area contributed by atoms with E-state index in [1.165, 1.54) is 23.7 Å². The maximum absolute atomic E-state index is 13.1. The van der Waals surface area contributed by atoms with Crippen molar-refractivity contribution in [3.63, 3.8) is 0 Å². The second kappa shape index (κ2) is 6.58. The highest BCUT2D eigenvalue weighted by Gasteiger charge is 2.20. The minimum atomic E-state index is -2.69. The van der Waals surface area contributed by atoms with Crippen LogP contribution in [0.4, 0.5) is 13.9 Å². The summed E-state index contributed by atoms with van der Waals surface area (Å²) < 4.78 is 27.9. The number of thiazole rings is 1. The van der Waals surface area contributed by atoms with Gasteiger partial charge in [0.15, 0.2) is 11.0 Å². The van der Waals surface area contributed by atoms with Gasteiger partial charge in [0.05, 0.1) is 16.1 Å². The molecule has 0 bridgehead atoms. The summed E-state index contributed by atoms with van der Waals surface area (Å²) in [4.78, 5) is 21.4. The van der Waals surface area contributed by atoms with Gasteiger partial charge < -0.3 is 0 Å². The number of fused-ring (bicyclic) bond motifs is 1. The maximum atomic E-state index is 13.1. The first kappa shape index (κ1) is 16.8. The van der Waals surface area contributed by atoms with E-state index < -0.39 is 6.55 Å². The van der Waals surface area contributed by atoms with Gasteiger partial charge in [0.2, 0.25) is 0 Å². The zero-order valence-electron chi connectivity index (χ0n) is 13.4. The van der Waals surface area contributed by atoms with E-state index in [0.29, 0.717) is 21.3 Å². The Kier molecular flexibility index (Phi) is 4.25. The van der Waals surface area contributed by atoms with Gasteiger partial charge in [-0.1, -0.05) is 29.5 Å². The van der Waals surface area contributed by atoms with Crippen LogP contribution in [0.3, 0.4) is 0 Å². The number of hydrogen-bond donors (Lipinski definition) is 1. The number of aromatic nitrogens is 3. The average Bonchev–Trinajstić information content (AvgIpc) is 3.32. The number of rotatable bonds is 4. The van der Waals surface area contributed by atoms with Crippen LogP contribution in [0.1, 0.15) is 22.6 Å². The molecule has 3 aromatic heterocycles. The van der Waals surface area contributed by atoms with Crippen molar-refractivity contribution in [2.45, 2.75) is 13.5 Å². The highest BCUT2D eigenvalue weighted by atomic mass is 32.1. The fraction of sp³-hybridized carbons (Fsp3) is 0.118. The third-order valence-electron chi connectivity index (χ3n) is 3.82. The maximum Gasteiger partial charge on any atom is 0.320 e. The molecule has 0 aliphatic carbocycles. The summed E-state index contributed by atoms with van der Waals surface area (Å²) in [5.74, 6) is -0.142. The van der Waals surface area contributed by atoms with Crippen LogP contribution < -0.4 is 5.32 Å². The Morgan fingerprint density at radius 3 is 2.92 bits per heavy atom. The molecule has 5 nitrogen and oxygen atoms in total. The largest absolute Gasteiger partial charge is 0.320 e. The summed E-state index contributed by atoms with van der Waals surface area (Å²) >= 11 is 2.61. The second-order valence-electron chi connectivity index (χ2n) is 5.47. The number of thiophene rings is 1. The number of halogens is 2. The standard InChI is InChI=1S/C17H12F2N4OS2/c1-9-13(14-20-6-7-23(14)16(18)19)26-17(21-9)22-15(24)11-8-25-12-5-3-2-4-10(11)12/h2-8,16H,1H3,(H,21,22,24). The number of nitrogens with zero attached hydrogens (tertiary/aromatic N) is 3. The third kappa shape index (κ3) is 2.89. The van der Waals surface area contributed by atoms with Crippen LogP contribution >= 0.6 is 22.7 Å². The van der Waals surface area contributed by atoms with Gasteiger partial charge in [-0.05, 0) is 13.0 Å². The first-order chi connectivity index (χ1) is 12.5. The Morgan fingerprint density at radius 2 is 2.12 bits per heavy atom. The van der Waals surface area contributed by atoms with Crippen molar-refractivity contribution in [1.29, 1.82) is 0 Å². The number of benzene rings is 1. The fourth-order valence-electron chi connectivity index (χ4n) is 2.62. The van der Waals surface area contributed by atoms with E-state index >= 15 is 0 Å². The molecule has 0 aliphatic rings. The molecule has 0 unspecified atom stereocenters. The molecule has 26 heavy (non-hydrogen) atoms. The first-order valence-corrected chi connectivity index (χ1v) is 9.30. The van der Waals surface area contributed by atoms with E-state index in [-0.39, 0.29) is 11.7 Å². The van der Waals surface area contributed by atoms with E-state index in [9.17, 15) is 13.6 Å². The Bertz CT molecular complexity index is 1100. The van der Waals surface area contributed by atoms with Crippen LogP contribution in [0.2, 0.25) is 0 Å². The highest BCUT2D eigenvalue weighted by Crippen LogP contribution is 2.34. The topological polar surface area (TPSA) is 59.8 Å². The monoisotopic (exact) mass is 390 g/mol. The number of amides is 1. The lowest BCUT2D eigenvalue weighted by Gasteiger charge is -2.04. The van der Waals surface area contributed by atoms with Crippen molar-refractivity contribution in [3.8, 4) is 10.7 Å². The molecular formula is C17H12F2N4OS2. The molecule has 4 aromatic rings. The number of carbonyl (C=O) groups is 1. The predicted octanol–water partition coefficient (Wildman–Crippen LogP) is 5.18. The number of imidazole rings is 1. The number of hydrogen-bond acceptors (Lipinski definition) is 5. The highest BCUT2D eigenvalue weighted by molar-refractivity contribution is 7.19. The van der Waals surface area contributed by atoms with Crippen LogP contribution in [0, 0.1) is 6.92 Å². The Hall–Kier alpha value is -2.65. The number of anilines is 1. The lowest BCUT2D eigenvalue weighted by Crippen LogP contribution is -2.10. The van der Waals surface area contributed by atoms with Crippen LogP contribution in [0.5, 0.6) is 0 Å². The lowest BCUT2D eigenvalue weighted by molar-refractivity contribution is 0.0720. The third-order valence-corrected chi connectivity index (χ3v) is 5.86. The predicted molar refractivity (Wildman–Crippen MR) is 99.1 cm³/mol. The van der Waals surface area contributed by atoms with Gasteiger partial charge in [0, 0.05) is 27.9 Å². The number of carbonyl (C=O) groups excluding carboxylic acids is 1. The summed E-state index contributed by atoms with van der Waals surface area (Å²) in [6.45, 7) is -0.990. The molecule has 132 valence electrons. The molecule has 0 atom stereocenters. The van der Waals surface area contributed by atoms with Crippen molar-refractivity contribution in [2.75, 3.05) is 5.32 Å².